The first-order chi connectivity index (χ1) is 25.4. The van der Waals surface area contributed by atoms with E-state index in [1.54, 1.807) is 27.9 Å². The number of amides is 3. The van der Waals surface area contributed by atoms with E-state index in [4.69, 9.17) is 23.9 Å². The molecule has 0 unspecified atom stereocenters. The summed E-state index contributed by atoms with van der Waals surface area (Å²) in [6.07, 6.45) is 5.70. The zero-order valence-electron chi connectivity index (χ0n) is 31.4. The van der Waals surface area contributed by atoms with Crippen molar-refractivity contribution < 1.29 is 38.1 Å². The van der Waals surface area contributed by atoms with Crippen LogP contribution in [0.4, 0.5) is 4.79 Å². The lowest BCUT2D eigenvalue weighted by Gasteiger charge is -2.30. The summed E-state index contributed by atoms with van der Waals surface area (Å²) >= 11 is 0. The highest BCUT2D eigenvalue weighted by Gasteiger charge is 2.44. The quantitative estimate of drug-likeness (QED) is 0.0901. The van der Waals surface area contributed by atoms with Gasteiger partial charge in [-0.05, 0) is 58.6 Å². The van der Waals surface area contributed by atoms with Gasteiger partial charge in [0.1, 0.15) is 41.3 Å². The molecule has 2 N–H and O–H groups in total. The zero-order chi connectivity index (χ0) is 38.5. The van der Waals surface area contributed by atoms with E-state index in [1.165, 1.54) is 18.1 Å². The minimum atomic E-state index is -1.03. The number of hydrogen-bond acceptors (Lipinski definition) is 9. The molecule has 3 amide bonds. The Hall–Kier alpha value is -5.39. The number of fused-ring (bicyclic) bond motifs is 1. The molecule has 1 fully saturated rings. The average molecular weight is 729 g/mol. The van der Waals surface area contributed by atoms with E-state index in [1.807, 2.05) is 60.7 Å². The summed E-state index contributed by atoms with van der Waals surface area (Å²) < 4.78 is 22.6. The highest BCUT2D eigenvalue weighted by Crippen LogP contribution is 2.35. The molecule has 0 spiro atoms. The van der Waals surface area contributed by atoms with Gasteiger partial charge in [0, 0.05) is 29.5 Å². The summed E-state index contributed by atoms with van der Waals surface area (Å²) in [5.74, 6) is -0.516. The van der Waals surface area contributed by atoms with Crippen LogP contribution in [0.15, 0.2) is 79.9 Å². The van der Waals surface area contributed by atoms with Crippen LogP contribution in [0.5, 0.6) is 11.5 Å². The topological polar surface area (TPSA) is 145 Å². The molecule has 4 rings (SSSR count). The van der Waals surface area contributed by atoms with Gasteiger partial charge >= 0.3 is 12.1 Å². The van der Waals surface area contributed by atoms with Crippen molar-refractivity contribution in [2.75, 3.05) is 20.8 Å². The Balaban J connectivity index is 1.70. The SMILES string of the molecule is C=CCCCCC[C@H](NC(=O)OC(C)(C)C)C(=O)N1C[C@H](Oc2cc(-c3ccccc3)nc3cc(OC)ccc23)C[C@H]1C(=O)N[C@@H](CC=C)C(=O)OC. The number of ether oxygens (including phenoxy) is 4. The van der Waals surface area contributed by atoms with E-state index in [0.29, 0.717) is 35.6 Å². The average Bonchev–Trinajstić information content (AvgIpc) is 3.56. The molecule has 3 aromatic rings. The van der Waals surface area contributed by atoms with Crippen molar-refractivity contribution >= 4 is 34.8 Å². The lowest BCUT2D eigenvalue weighted by atomic mass is 10.0. The number of allylic oxidation sites excluding steroid dienone is 1. The molecule has 0 saturated carbocycles. The van der Waals surface area contributed by atoms with Crippen molar-refractivity contribution in [3.05, 3.63) is 79.9 Å². The van der Waals surface area contributed by atoms with Crippen molar-refractivity contribution in [3.8, 4) is 22.8 Å². The van der Waals surface area contributed by atoms with Gasteiger partial charge in [0.15, 0.2) is 0 Å². The maximum Gasteiger partial charge on any atom is 0.408 e. The molecule has 0 aliphatic carbocycles. The monoisotopic (exact) mass is 728 g/mol. The van der Waals surface area contributed by atoms with E-state index in [-0.39, 0.29) is 19.4 Å². The first-order valence-corrected chi connectivity index (χ1v) is 18.0. The molecule has 53 heavy (non-hydrogen) atoms. The van der Waals surface area contributed by atoms with E-state index in [9.17, 15) is 19.2 Å². The molecule has 12 heteroatoms. The second-order valence-corrected chi connectivity index (χ2v) is 14.0. The molecule has 1 saturated heterocycles. The Labute approximate surface area is 311 Å². The third-order valence-corrected chi connectivity index (χ3v) is 8.79. The molecule has 284 valence electrons. The molecule has 1 aliphatic heterocycles. The fraction of sp³-hybridized carbons (Fsp3) is 0.439. The number of hydrogen-bond donors (Lipinski definition) is 2. The largest absolute Gasteiger partial charge is 0.497 e. The second-order valence-electron chi connectivity index (χ2n) is 14.0. The lowest BCUT2D eigenvalue weighted by Crippen LogP contribution is -2.55. The predicted molar refractivity (Wildman–Crippen MR) is 203 cm³/mol. The fourth-order valence-corrected chi connectivity index (χ4v) is 6.22. The van der Waals surface area contributed by atoms with E-state index in [0.717, 1.165) is 30.2 Å². The van der Waals surface area contributed by atoms with Crippen LogP contribution >= 0.6 is 0 Å². The minimum absolute atomic E-state index is 0.0326. The molecule has 12 nitrogen and oxygen atoms in total. The maximum atomic E-state index is 14.5. The molecular formula is C41H52N4O8. The lowest BCUT2D eigenvalue weighted by molar-refractivity contribution is -0.146. The smallest absolute Gasteiger partial charge is 0.408 e. The summed E-state index contributed by atoms with van der Waals surface area (Å²) in [5.41, 5.74) is 1.40. The molecule has 0 bridgehead atoms. The molecule has 1 aliphatic rings. The fourth-order valence-electron chi connectivity index (χ4n) is 6.22. The Kier molecular flexibility index (Phi) is 14.4. The van der Waals surface area contributed by atoms with Gasteiger partial charge in [-0.2, -0.15) is 0 Å². The summed E-state index contributed by atoms with van der Waals surface area (Å²) in [6.45, 7) is 12.7. The third kappa shape index (κ3) is 11.3. The number of methoxy groups -OCH3 is 2. The number of aromatic nitrogens is 1. The number of rotatable bonds is 17. The molecule has 2 aromatic carbocycles. The molecule has 1 aromatic heterocycles. The highest BCUT2D eigenvalue weighted by atomic mass is 16.6. The number of carbonyl (C=O) groups excluding carboxylic acids is 4. The van der Waals surface area contributed by atoms with Crippen molar-refractivity contribution in [3.63, 3.8) is 0 Å². The van der Waals surface area contributed by atoms with Crippen molar-refractivity contribution in [2.24, 2.45) is 0 Å². The van der Waals surface area contributed by atoms with Crippen LogP contribution in [0.25, 0.3) is 22.2 Å². The number of likely N-dealkylation sites (tertiary alicyclic amines) is 1. The van der Waals surface area contributed by atoms with E-state index in [2.05, 4.69) is 23.8 Å². The van der Waals surface area contributed by atoms with Gasteiger partial charge in [0.2, 0.25) is 11.8 Å². The summed E-state index contributed by atoms with van der Waals surface area (Å²) in [6, 6.07) is 14.0. The first kappa shape index (κ1) is 40.4. The molecule has 4 atom stereocenters. The van der Waals surface area contributed by atoms with Crippen LogP contribution in [-0.4, -0.2) is 84.4 Å². The van der Waals surface area contributed by atoms with Crippen LogP contribution in [0.3, 0.4) is 0 Å². The number of pyridine rings is 1. The number of nitrogens with one attached hydrogen (secondary N) is 2. The van der Waals surface area contributed by atoms with Crippen LogP contribution in [0.1, 0.15) is 65.7 Å². The Bertz CT molecular complexity index is 1760. The van der Waals surface area contributed by atoms with Crippen LogP contribution in [0, 0.1) is 0 Å². The number of nitrogens with zero attached hydrogens (tertiary/aromatic N) is 2. The predicted octanol–water partition coefficient (Wildman–Crippen LogP) is 6.52. The summed E-state index contributed by atoms with van der Waals surface area (Å²) in [4.78, 5) is 60.3. The molecule has 0 radical (unpaired) electrons. The molecule has 2 heterocycles. The van der Waals surface area contributed by atoms with Crippen LogP contribution in [0.2, 0.25) is 0 Å². The Morgan fingerprint density at radius 3 is 2.38 bits per heavy atom. The summed E-state index contributed by atoms with van der Waals surface area (Å²) in [5, 5.41) is 6.23. The molecular weight excluding hydrogens is 676 g/mol. The Morgan fingerprint density at radius 1 is 0.962 bits per heavy atom. The van der Waals surface area contributed by atoms with E-state index < -0.39 is 53.7 Å². The van der Waals surface area contributed by atoms with Gasteiger partial charge in [0.05, 0.1) is 32.0 Å². The van der Waals surface area contributed by atoms with Gasteiger partial charge in [-0.1, -0.05) is 55.3 Å². The first-order valence-electron chi connectivity index (χ1n) is 18.0. The van der Waals surface area contributed by atoms with Gasteiger partial charge in [-0.15, -0.1) is 13.2 Å². The number of benzene rings is 2. The van der Waals surface area contributed by atoms with Gasteiger partial charge in [-0.25, -0.2) is 14.6 Å². The van der Waals surface area contributed by atoms with Crippen molar-refractivity contribution in [1.29, 1.82) is 0 Å². The number of esters is 1. The number of alkyl carbamates (subject to hydrolysis) is 1. The van der Waals surface area contributed by atoms with Crippen LogP contribution in [-0.2, 0) is 23.9 Å². The summed E-state index contributed by atoms with van der Waals surface area (Å²) in [7, 11) is 2.82. The van der Waals surface area contributed by atoms with Crippen molar-refractivity contribution in [2.45, 2.75) is 95.5 Å². The number of unbranched alkanes of at least 4 members (excludes halogenated alkanes) is 3. The zero-order valence-corrected chi connectivity index (χ0v) is 31.4. The third-order valence-electron chi connectivity index (χ3n) is 8.79. The maximum absolute atomic E-state index is 14.5. The second kappa shape index (κ2) is 18.9. The van der Waals surface area contributed by atoms with Crippen molar-refractivity contribution in [1.82, 2.24) is 20.5 Å². The Morgan fingerprint density at radius 2 is 1.72 bits per heavy atom. The van der Waals surface area contributed by atoms with Gasteiger partial charge < -0.3 is 34.5 Å². The van der Waals surface area contributed by atoms with E-state index >= 15 is 0 Å². The van der Waals surface area contributed by atoms with Crippen LogP contribution < -0.4 is 20.1 Å². The minimum Gasteiger partial charge on any atom is -0.497 e. The number of carbonyl (C=O) groups is 4. The van der Waals surface area contributed by atoms with Gasteiger partial charge in [0.25, 0.3) is 0 Å². The normalized spacial score (nSPS) is 16.6. The highest BCUT2D eigenvalue weighted by molar-refractivity contribution is 5.94. The standard InChI is InChI=1S/C41H52N4O8/c1-8-10-11-12-16-20-31(44-40(49)53-41(3,4)5)38(47)45-26-29(24-35(45)37(46)43-32(17-9-2)39(48)51-7)52-36-25-33(27-18-14-13-15-19-27)42-34-23-28(50-6)21-22-30(34)36/h8-9,13-15,18-19,21-23,25,29,31-32,35H,1-2,10-12,16-17,20,24,26H2,3-7H3,(H,43,46)(H,44,49)/t29-,31+,32+,35+/m1/s1. The van der Waals surface area contributed by atoms with Gasteiger partial charge in [-0.3, -0.25) is 9.59 Å².